The third-order valence-electron chi connectivity index (χ3n) is 4.42. The van der Waals surface area contributed by atoms with Gasteiger partial charge in [0, 0.05) is 32.6 Å². The van der Waals surface area contributed by atoms with E-state index in [0.29, 0.717) is 17.8 Å². The molecule has 0 saturated carbocycles. The van der Waals surface area contributed by atoms with Crippen LogP contribution >= 0.6 is 11.3 Å². The number of thiophene rings is 1. The molecule has 1 aliphatic rings. The lowest BCUT2D eigenvalue weighted by Crippen LogP contribution is -2.40. The molecule has 1 unspecified atom stereocenters. The quantitative estimate of drug-likeness (QED) is 0.914. The van der Waals surface area contributed by atoms with Gasteiger partial charge in [-0.05, 0) is 19.4 Å². The summed E-state index contributed by atoms with van der Waals surface area (Å²) in [5.74, 6) is -1.03. The van der Waals surface area contributed by atoms with Gasteiger partial charge in [0.1, 0.15) is 10.2 Å². The topological polar surface area (TPSA) is 84.7 Å². The number of hydrogen-bond acceptors (Lipinski definition) is 5. The van der Waals surface area contributed by atoms with Crippen LogP contribution in [0.25, 0.3) is 10.2 Å². The monoisotopic (exact) mass is 337 g/mol. The highest BCUT2D eigenvalue weighted by atomic mass is 32.1. The number of rotatable bonds is 4. The van der Waals surface area contributed by atoms with Crippen molar-refractivity contribution >= 4 is 33.4 Å². The Labute approximate surface area is 137 Å². The number of nitrogens with zero attached hydrogens (tertiary/aromatic N) is 3. The van der Waals surface area contributed by atoms with Gasteiger partial charge in [0.2, 0.25) is 0 Å². The fourth-order valence-corrected chi connectivity index (χ4v) is 4.23. The van der Waals surface area contributed by atoms with E-state index in [-0.39, 0.29) is 19.1 Å². The van der Waals surface area contributed by atoms with E-state index in [0.717, 1.165) is 15.9 Å². The van der Waals surface area contributed by atoms with Crippen molar-refractivity contribution in [2.24, 2.45) is 12.5 Å². The minimum absolute atomic E-state index is 0.113. The van der Waals surface area contributed by atoms with Crippen molar-refractivity contribution in [3.63, 3.8) is 0 Å². The fourth-order valence-electron chi connectivity index (χ4n) is 3.14. The average Bonchev–Trinajstić information content (AvgIpc) is 3.17. The van der Waals surface area contributed by atoms with Gasteiger partial charge in [-0.1, -0.05) is 0 Å². The van der Waals surface area contributed by atoms with Crippen LogP contribution in [0, 0.1) is 12.3 Å². The molecule has 0 bridgehead atoms. The van der Waals surface area contributed by atoms with Crippen molar-refractivity contribution in [1.82, 2.24) is 14.7 Å². The first-order valence-corrected chi connectivity index (χ1v) is 8.14. The van der Waals surface area contributed by atoms with E-state index in [1.54, 1.807) is 9.58 Å². The maximum atomic E-state index is 12.7. The number of fused-ring (bicyclic) bond motifs is 1. The number of carbonyl (C=O) groups excluding carboxylic acids is 1. The number of methoxy groups -OCH3 is 1. The van der Waals surface area contributed by atoms with E-state index in [9.17, 15) is 14.7 Å². The fraction of sp³-hybridized carbons (Fsp3) is 0.533. The molecule has 0 radical (unpaired) electrons. The molecule has 1 amide bonds. The number of likely N-dealkylation sites (tertiary alicyclic amines) is 1. The van der Waals surface area contributed by atoms with Gasteiger partial charge in [-0.25, -0.2) is 0 Å². The van der Waals surface area contributed by atoms with Gasteiger partial charge in [-0.15, -0.1) is 11.3 Å². The minimum atomic E-state index is -1.00. The van der Waals surface area contributed by atoms with Crippen molar-refractivity contribution < 1.29 is 19.4 Å². The van der Waals surface area contributed by atoms with Crippen molar-refractivity contribution in [2.45, 2.75) is 13.3 Å². The zero-order valence-electron chi connectivity index (χ0n) is 13.3. The van der Waals surface area contributed by atoms with Crippen LogP contribution in [-0.4, -0.2) is 58.5 Å². The number of hydrogen-bond donors (Lipinski definition) is 1. The van der Waals surface area contributed by atoms with E-state index in [2.05, 4.69) is 5.10 Å². The van der Waals surface area contributed by atoms with Crippen molar-refractivity contribution in [3.8, 4) is 0 Å². The first kappa shape index (κ1) is 15.9. The van der Waals surface area contributed by atoms with Gasteiger partial charge in [-0.3, -0.25) is 14.3 Å². The molecule has 1 aliphatic heterocycles. The molecule has 7 nitrogen and oxygen atoms in total. The number of aryl methyl sites for hydroxylation is 2. The number of aromatic nitrogens is 2. The van der Waals surface area contributed by atoms with Crippen LogP contribution in [0.1, 0.15) is 21.8 Å². The SMILES string of the molecule is COCC1(C(=O)O)CCN(C(=O)c2cc3c(C)nn(C)c3s2)C1. The van der Waals surface area contributed by atoms with Crippen LogP contribution in [0.2, 0.25) is 0 Å². The Bertz CT molecular complexity index is 747. The lowest BCUT2D eigenvalue weighted by atomic mass is 9.88. The molecule has 1 N–H and O–H groups in total. The molecule has 124 valence electrons. The average molecular weight is 337 g/mol. The standard InChI is InChI=1S/C15H19N3O4S/c1-9-10-6-11(23-13(10)17(2)16-9)12(19)18-5-4-15(7-18,8-22-3)14(20)21/h6H,4-5,7-8H2,1-3H3,(H,20,21). The molecule has 1 fully saturated rings. The Hall–Kier alpha value is -1.93. The van der Waals surface area contributed by atoms with Crippen LogP contribution in [0.15, 0.2) is 6.07 Å². The van der Waals surface area contributed by atoms with E-state index in [4.69, 9.17) is 4.74 Å². The Kier molecular flexibility index (Phi) is 3.89. The summed E-state index contributed by atoms with van der Waals surface area (Å²) in [4.78, 5) is 27.5. The molecule has 1 saturated heterocycles. The minimum Gasteiger partial charge on any atom is -0.481 e. The van der Waals surface area contributed by atoms with Crippen molar-refractivity contribution in [3.05, 3.63) is 16.6 Å². The first-order chi connectivity index (χ1) is 10.9. The second-order valence-electron chi connectivity index (χ2n) is 6.03. The molecule has 1 atom stereocenters. The lowest BCUT2D eigenvalue weighted by Gasteiger charge is -2.23. The van der Waals surface area contributed by atoms with Gasteiger partial charge in [0.15, 0.2) is 0 Å². The van der Waals surface area contributed by atoms with Gasteiger partial charge in [0.05, 0.1) is 17.2 Å². The summed E-state index contributed by atoms with van der Waals surface area (Å²) < 4.78 is 6.83. The van der Waals surface area contributed by atoms with Gasteiger partial charge < -0.3 is 14.7 Å². The Balaban J connectivity index is 1.85. The summed E-state index contributed by atoms with van der Waals surface area (Å²) in [5.41, 5.74) is -0.114. The van der Waals surface area contributed by atoms with Crippen LogP contribution in [0.5, 0.6) is 0 Å². The summed E-state index contributed by atoms with van der Waals surface area (Å²) in [6.07, 6.45) is 0.410. The van der Waals surface area contributed by atoms with Crippen molar-refractivity contribution in [1.29, 1.82) is 0 Å². The second-order valence-corrected chi connectivity index (χ2v) is 7.06. The van der Waals surface area contributed by atoms with Crippen LogP contribution in [0.4, 0.5) is 0 Å². The molecule has 0 aliphatic carbocycles. The number of carboxylic acids is 1. The van der Waals surface area contributed by atoms with Gasteiger partial charge >= 0.3 is 5.97 Å². The largest absolute Gasteiger partial charge is 0.481 e. The van der Waals surface area contributed by atoms with Crippen LogP contribution in [0.3, 0.4) is 0 Å². The molecule has 0 aromatic carbocycles. The smallest absolute Gasteiger partial charge is 0.313 e. The zero-order valence-corrected chi connectivity index (χ0v) is 14.1. The third kappa shape index (κ3) is 2.51. The number of carbonyl (C=O) groups is 2. The van der Waals surface area contributed by atoms with E-state index in [1.807, 2.05) is 20.0 Å². The predicted octanol–water partition coefficient (Wildman–Crippen LogP) is 1.51. The highest BCUT2D eigenvalue weighted by Crippen LogP contribution is 2.34. The van der Waals surface area contributed by atoms with Crippen molar-refractivity contribution in [2.75, 3.05) is 26.8 Å². The van der Waals surface area contributed by atoms with E-state index >= 15 is 0 Å². The summed E-state index contributed by atoms with van der Waals surface area (Å²) in [7, 11) is 3.33. The summed E-state index contributed by atoms with van der Waals surface area (Å²) in [6, 6.07) is 1.85. The Morgan fingerprint density at radius 3 is 2.87 bits per heavy atom. The highest BCUT2D eigenvalue weighted by molar-refractivity contribution is 7.20. The lowest BCUT2D eigenvalue weighted by molar-refractivity contribution is -0.151. The highest BCUT2D eigenvalue weighted by Gasteiger charge is 2.46. The summed E-state index contributed by atoms with van der Waals surface area (Å²) in [6.45, 7) is 2.63. The normalized spacial score (nSPS) is 21.3. The summed E-state index contributed by atoms with van der Waals surface area (Å²) in [5, 5.41) is 14.8. The van der Waals surface area contributed by atoms with Crippen LogP contribution in [-0.2, 0) is 16.6 Å². The molecule has 2 aromatic rings. The second kappa shape index (κ2) is 5.61. The number of aliphatic carboxylic acids is 1. The molecular formula is C15H19N3O4S. The Morgan fingerprint density at radius 2 is 2.26 bits per heavy atom. The summed E-state index contributed by atoms with van der Waals surface area (Å²) >= 11 is 1.39. The maximum Gasteiger partial charge on any atom is 0.313 e. The predicted molar refractivity (Wildman–Crippen MR) is 85.8 cm³/mol. The zero-order chi connectivity index (χ0) is 16.8. The Morgan fingerprint density at radius 1 is 1.52 bits per heavy atom. The molecule has 23 heavy (non-hydrogen) atoms. The third-order valence-corrected chi connectivity index (χ3v) is 5.61. The molecule has 3 heterocycles. The number of carboxylic acid groups (broad SMARTS) is 1. The molecular weight excluding hydrogens is 318 g/mol. The van der Waals surface area contributed by atoms with Gasteiger partial charge in [0.25, 0.3) is 5.91 Å². The number of amides is 1. The molecule has 2 aromatic heterocycles. The van der Waals surface area contributed by atoms with Gasteiger partial charge in [-0.2, -0.15) is 5.10 Å². The molecule has 3 rings (SSSR count). The number of ether oxygens (including phenoxy) is 1. The molecule has 0 spiro atoms. The molecule has 8 heteroatoms. The van der Waals surface area contributed by atoms with E-state index in [1.165, 1.54) is 18.4 Å². The van der Waals surface area contributed by atoms with E-state index < -0.39 is 11.4 Å². The maximum absolute atomic E-state index is 12.7. The first-order valence-electron chi connectivity index (χ1n) is 7.33. The van der Waals surface area contributed by atoms with Crippen LogP contribution < -0.4 is 0 Å².